The molecule has 0 aliphatic rings. The van der Waals surface area contributed by atoms with Crippen molar-refractivity contribution in [2.24, 2.45) is 4.99 Å². The number of nitrogens with zero attached hydrogens (tertiary/aromatic N) is 1. The van der Waals surface area contributed by atoms with Gasteiger partial charge in [0, 0.05) is 40.5 Å². The Hall–Kier alpha value is -1.59. The van der Waals surface area contributed by atoms with Crippen LogP contribution in [-0.2, 0) is 9.47 Å². The summed E-state index contributed by atoms with van der Waals surface area (Å²) in [7, 11) is 3.50. The average molecular weight is 321 g/mol. The fourth-order valence-electron chi connectivity index (χ4n) is 2.14. The quantitative estimate of drug-likeness (QED) is 0.374. The Labute approximate surface area is 140 Å². The summed E-state index contributed by atoms with van der Waals surface area (Å²) in [6.45, 7) is 5.33. The van der Waals surface area contributed by atoms with Crippen LogP contribution in [0.4, 0.5) is 0 Å². The second-order valence-electron chi connectivity index (χ2n) is 5.33. The second kappa shape index (κ2) is 12.9. The van der Waals surface area contributed by atoms with Gasteiger partial charge in [0.1, 0.15) is 0 Å². The Morgan fingerprint density at radius 1 is 1.13 bits per heavy atom. The molecule has 0 aliphatic heterocycles. The molecule has 0 saturated carbocycles. The summed E-state index contributed by atoms with van der Waals surface area (Å²) in [5.41, 5.74) is 1.15. The number of ether oxygens (including phenoxy) is 2. The van der Waals surface area contributed by atoms with Crippen LogP contribution in [0.15, 0.2) is 35.3 Å². The van der Waals surface area contributed by atoms with Crippen molar-refractivity contribution in [2.45, 2.75) is 32.3 Å². The van der Waals surface area contributed by atoms with Crippen LogP contribution >= 0.6 is 0 Å². The van der Waals surface area contributed by atoms with Gasteiger partial charge in [0.15, 0.2) is 5.96 Å². The Kier molecular flexibility index (Phi) is 10.9. The number of benzene rings is 1. The van der Waals surface area contributed by atoms with E-state index in [1.54, 1.807) is 14.2 Å². The smallest absolute Gasteiger partial charge is 0.191 e. The molecule has 130 valence electrons. The molecule has 5 heteroatoms. The minimum atomic E-state index is 0.00660. The van der Waals surface area contributed by atoms with E-state index in [1.807, 2.05) is 18.2 Å². The molecule has 1 aromatic carbocycles. The molecule has 1 aromatic rings. The number of hydrogen-bond acceptors (Lipinski definition) is 3. The van der Waals surface area contributed by atoms with Crippen molar-refractivity contribution in [2.75, 3.05) is 40.5 Å². The third-order valence-corrected chi connectivity index (χ3v) is 3.53. The molecular formula is C18H31N3O2. The molecule has 0 aromatic heterocycles. The molecule has 1 rings (SSSR count). The lowest BCUT2D eigenvalue weighted by molar-refractivity contribution is 0.106. The molecule has 2 N–H and O–H groups in total. The van der Waals surface area contributed by atoms with Crippen LogP contribution in [-0.4, -0.2) is 46.4 Å². The van der Waals surface area contributed by atoms with E-state index in [-0.39, 0.29) is 6.10 Å². The van der Waals surface area contributed by atoms with Gasteiger partial charge in [-0.05, 0) is 18.4 Å². The normalized spacial score (nSPS) is 12.9. The highest BCUT2D eigenvalue weighted by Gasteiger charge is 2.10. The van der Waals surface area contributed by atoms with E-state index in [2.05, 4.69) is 34.7 Å². The number of rotatable bonds is 11. The van der Waals surface area contributed by atoms with Gasteiger partial charge >= 0.3 is 0 Å². The molecule has 0 saturated heterocycles. The number of nitrogens with one attached hydrogen (secondary N) is 2. The third kappa shape index (κ3) is 8.57. The molecule has 23 heavy (non-hydrogen) atoms. The molecular weight excluding hydrogens is 290 g/mol. The summed E-state index contributed by atoms with van der Waals surface area (Å²) in [5.74, 6) is 0.788. The molecule has 0 bridgehead atoms. The molecule has 0 heterocycles. The van der Waals surface area contributed by atoms with Gasteiger partial charge in [-0.25, -0.2) is 0 Å². The van der Waals surface area contributed by atoms with Gasteiger partial charge in [-0.1, -0.05) is 43.7 Å². The van der Waals surface area contributed by atoms with Crippen LogP contribution in [0.5, 0.6) is 0 Å². The highest BCUT2D eigenvalue weighted by molar-refractivity contribution is 5.79. The van der Waals surface area contributed by atoms with E-state index < -0.39 is 0 Å². The summed E-state index contributed by atoms with van der Waals surface area (Å²) in [6, 6.07) is 10.2. The zero-order chi connectivity index (χ0) is 16.8. The summed E-state index contributed by atoms with van der Waals surface area (Å²) in [6.07, 6.45) is 3.29. The van der Waals surface area contributed by atoms with E-state index in [0.717, 1.165) is 44.1 Å². The number of methoxy groups -OCH3 is 1. The Morgan fingerprint density at radius 2 is 1.87 bits per heavy atom. The minimum Gasteiger partial charge on any atom is -0.381 e. The van der Waals surface area contributed by atoms with Gasteiger partial charge in [0.2, 0.25) is 0 Å². The van der Waals surface area contributed by atoms with Crippen molar-refractivity contribution < 1.29 is 9.47 Å². The lowest BCUT2D eigenvalue weighted by atomic mass is 10.1. The first-order valence-corrected chi connectivity index (χ1v) is 8.41. The largest absolute Gasteiger partial charge is 0.381 e. The maximum absolute atomic E-state index is 5.55. The number of guanidine groups is 1. The van der Waals surface area contributed by atoms with Gasteiger partial charge in [-0.3, -0.25) is 4.99 Å². The van der Waals surface area contributed by atoms with E-state index in [0.29, 0.717) is 6.54 Å². The van der Waals surface area contributed by atoms with Crippen LogP contribution in [0.2, 0.25) is 0 Å². The third-order valence-electron chi connectivity index (χ3n) is 3.53. The molecule has 5 nitrogen and oxygen atoms in total. The summed E-state index contributed by atoms with van der Waals surface area (Å²) < 4.78 is 11.1. The van der Waals surface area contributed by atoms with Crippen molar-refractivity contribution in [1.82, 2.24) is 10.6 Å². The van der Waals surface area contributed by atoms with Crippen molar-refractivity contribution >= 4 is 5.96 Å². The van der Waals surface area contributed by atoms with E-state index in [9.17, 15) is 0 Å². The Bertz CT molecular complexity index is 424. The maximum atomic E-state index is 5.55. The van der Waals surface area contributed by atoms with Crippen LogP contribution in [0.25, 0.3) is 0 Å². The first-order valence-electron chi connectivity index (χ1n) is 8.41. The highest BCUT2D eigenvalue weighted by atomic mass is 16.5. The first kappa shape index (κ1) is 19.5. The molecule has 0 fully saturated rings. The predicted molar refractivity (Wildman–Crippen MR) is 95.9 cm³/mol. The summed E-state index contributed by atoms with van der Waals surface area (Å²) in [4.78, 5) is 4.23. The number of hydrogen-bond donors (Lipinski definition) is 2. The fourth-order valence-corrected chi connectivity index (χ4v) is 2.14. The first-order chi connectivity index (χ1) is 11.3. The molecule has 0 radical (unpaired) electrons. The molecule has 0 aliphatic carbocycles. The predicted octanol–water partition coefficient (Wildman–Crippen LogP) is 2.75. The number of aliphatic imine (C=N–C) groups is 1. The van der Waals surface area contributed by atoms with Gasteiger partial charge in [-0.15, -0.1) is 0 Å². The Balaban J connectivity index is 2.23. The van der Waals surface area contributed by atoms with Gasteiger partial charge in [0.25, 0.3) is 0 Å². The molecule has 0 spiro atoms. The van der Waals surface area contributed by atoms with Crippen molar-refractivity contribution in [3.8, 4) is 0 Å². The summed E-state index contributed by atoms with van der Waals surface area (Å²) in [5, 5.41) is 6.60. The topological polar surface area (TPSA) is 54.9 Å². The van der Waals surface area contributed by atoms with E-state index >= 15 is 0 Å². The highest BCUT2D eigenvalue weighted by Crippen LogP contribution is 2.14. The minimum absolute atomic E-state index is 0.00660. The van der Waals surface area contributed by atoms with E-state index in [1.165, 1.54) is 6.42 Å². The monoisotopic (exact) mass is 321 g/mol. The van der Waals surface area contributed by atoms with Gasteiger partial charge in [0.05, 0.1) is 6.10 Å². The van der Waals surface area contributed by atoms with Gasteiger partial charge in [-0.2, -0.15) is 0 Å². The SMILES string of the molecule is CCCCOCCCNC(=NC)NCC(OC)c1ccccc1. The van der Waals surface area contributed by atoms with Crippen molar-refractivity contribution in [3.05, 3.63) is 35.9 Å². The van der Waals surface area contributed by atoms with Crippen molar-refractivity contribution in [3.63, 3.8) is 0 Å². The maximum Gasteiger partial charge on any atom is 0.191 e. The summed E-state index contributed by atoms with van der Waals surface area (Å²) >= 11 is 0. The van der Waals surface area contributed by atoms with E-state index in [4.69, 9.17) is 9.47 Å². The lowest BCUT2D eigenvalue weighted by Crippen LogP contribution is -2.40. The second-order valence-corrected chi connectivity index (χ2v) is 5.33. The fraction of sp³-hybridized carbons (Fsp3) is 0.611. The van der Waals surface area contributed by atoms with Gasteiger partial charge < -0.3 is 20.1 Å². The molecule has 0 amide bonds. The van der Waals surface area contributed by atoms with Crippen LogP contribution in [0.3, 0.4) is 0 Å². The number of unbranched alkanes of at least 4 members (excludes halogenated alkanes) is 1. The zero-order valence-corrected chi connectivity index (χ0v) is 14.7. The Morgan fingerprint density at radius 3 is 2.52 bits per heavy atom. The van der Waals surface area contributed by atoms with Crippen LogP contribution in [0, 0.1) is 0 Å². The zero-order valence-electron chi connectivity index (χ0n) is 14.7. The van der Waals surface area contributed by atoms with Crippen molar-refractivity contribution in [1.29, 1.82) is 0 Å². The van der Waals surface area contributed by atoms with Crippen LogP contribution < -0.4 is 10.6 Å². The molecule has 1 atom stereocenters. The van der Waals surface area contributed by atoms with Crippen LogP contribution in [0.1, 0.15) is 37.9 Å². The average Bonchev–Trinajstić information content (AvgIpc) is 2.60. The molecule has 1 unspecified atom stereocenters. The standard InChI is InChI=1S/C18H31N3O2/c1-4-5-13-23-14-9-12-20-18(19-2)21-15-17(22-3)16-10-7-6-8-11-16/h6-8,10-11,17H,4-5,9,12-15H2,1-3H3,(H2,19,20,21). The lowest BCUT2D eigenvalue weighted by Gasteiger charge is -2.18.